The van der Waals surface area contributed by atoms with Crippen LogP contribution in [0.3, 0.4) is 0 Å². The van der Waals surface area contributed by atoms with E-state index in [-0.39, 0.29) is 22.7 Å². The first-order valence-corrected chi connectivity index (χ1v) is 7.30. The van der Waals surface area contributed by atoms with Crippen molar-refractivity contribution in [1.29, 1.82) is 0 Å². The Balaban J connectivity index is 2.24. The zero-order valence-corrected chi connectivity index (χ0v) is 13.9. The Kier molecular flexibility index (Phi) is 5.53. The average molecular weight is 348 g/mol. The minimum atomic E-state index is -1.24. The number of halogens is 1. The maximum Gasteiger partial charge on any atom is 0.354 e. The Hall–Kier alpha value is -3.16. The van der Waals surface area contributed by atoms with Crippen LogP contribution >= 0.6 is 0 Å². The van der Waals surface area contributed by atoms with Crippen molar-refractivity contribution in [1.82, 2.24) is 10.3 Å². The molecular weight excluding hydrogens is 331 g/mol. The van der Waals surface area contributed by atoms with Gasteiger partial charge in [0.2, 0.25) is 0 Å². The summed E-state index contributed by atoms with van der Waals surface area (Å²) in [5.74, 6) is -1.87. The molecule has 1 heterocycles. The second-order valence-corrected chi connectivity index (χ2v) is 5.14. The van der Waals surface area contributed by atoms with Crippen molar-refractivity contribution in [2.45, 2.75) is 13.0 Å². The summed E-state index contributed by atoms with van der Waals surface area (Å²) in [4.78, 5) is 26.9. The molecule has 0 aliphatic rings. The second-order valence-electron chi connectivity index (χ2n) is 5.14. The predicted molar refractivity (Wildman–Crippen MR) is 86.6 cm³/mol. The molecule has 1 aromatic carbocycles. The molecule has 132 valence electrons. The molecule has 1 atom stereocenters. The molecule has 8 heteroatoms. The number of methoxy groups -OCH3 is 2. The lowest BCUT2D eigenvalue weighted by atomic mass is 10.1. The monoisotopic (exact) mass is 348 g/mol. The van der Waals surface area contributed by atoms with Crippen LogP contribution in [0, 0.1) is 5.82 Å². The zero-order valence-electron chi connectivity index (χ0n) is 13.9. The third-order valence-corrected chi connectivity index (χ3v) is 3.52. The molecule has 2 N–H and O–H groups in total. The first kappa shape index (κ1) is 18.2. The van der Waals surface area contributed by atoms with Crippen molar-refractivity contribution in [2.75, 3.05) is 14.2 Å². The van der Waals surface area contributed by atoms with Crippen molar-refractivity contribution in [2.24, 2.45) is 0 Å². The normalized spacial score (nSPS) is 11.5. The van der Waals surface area contributed by atoms with Crippen molar-refractivity contribution in [3.63, 3.8) is 0 Å². The van der Waals surface area contributed by atoms with E-state index in [4.69, 9.17) is 14.6 Å². The molecule has 2 aromatic rings. The van der Waals surface area contributed by atoms with Crippen LogP contribution in [-0.2, 0) is 0 Å². The highest BCUT2D eigenvalue weighted by atomic mass is 19.1. The Morgan fingerprint density at radius 2 is 1.76 bits per heavy atom. The highest BCUT2D eigenvalue weighted by Crippen LogP contribution is 2.32. The summed E-state index contributed by atoms with van der Waals surface area (Å²) in [6.45, 7) is 1.59. The summed E-state index contributed by atoms with van der Waals surface area (Å²) in [5, 5.41) is 11.5. The van der Waals surface area contributed by atoms with E-state index >= 15 is 0 Å². The van der Waals surface area contributed by atoms with Crippen LogP contribution in [0.5, 0.6) is 11.5 Å². The summed E-state index contributed by atoms with van der Waals surface area (Å²) >= 11 is 0. The molecule has 7 nitrogen and oxygen atoms in total. The number of pyridine rings is 1. The maximum absolute atomic E-state index is 14.2. The quantitative estimate of drug-likeness (QED) is 0.832. The maximum atomic E-state index is 14.2. The molecule has 25 heavy (non-hydrogen) atoms. The lowest BCUT2D eigenvalue weighted by Gasteiger charge is -2.17. The number of amides is 1. The number of aromatic carboxylic acids is 1. The van der Waals surface area contributed by atoms with Crippen LogP contribution in [0.1, 0.15) is 39.5 Å². The molecule has 1 amide bonds. The van der Waals surface area contributed by atoms with Gasteiger partial charge in [-0.25, -0.2) is 14.2 Å². The molecule has 0 aliphatic heterocycles. The van der Waals surface area contributed by atoms with Gasteiger partial charge in [0.05, 0.1) is 20.3 Å². The van der Waals surface area contributed by atoms with E-state index < -0.39 is 23.7 Å². The fraction of sp³-hybridized carbons (Fsp3) is 0.235. The first-order valence-electron chi connectivity index (χ1n) is 7.30. The van der Waals surface area contributed by atoms with Gasteiger partial charge in [-0.2, -0.15) is 0 Å². The minimum absolute atomic E-state index is 0.0763. The number of carbonyl (C=O) groups is 2. The highest BCUT2D eigenvalue weighted by molar-refractivity contribution is 5.94. The van der Waals surface area contributed by atoms with Gasteiger partial charge in [0.1, 0.15) is 17.2 Å². The van der Waals surface area contributed by atoms with E-state index in [9.17, 15) is 14.0 Å². The number of carbonyl (C=O) groups excluding carboxylic acids is 1. The largest absolute Gasteiger partial charge is 0.493 e. The van der Waals surface area contributed by atoms with Crippen LogP contribution in [0.2, 0.25) is 0 Å². The molecule has 0 radical (unpaired) electrons. The predicted octanol–water partition coefficient (Wildman–Crippen LogP) is 2.43. The highest BCUT2D eigenvalue weighted by Gasteiger charge is 2.19. The van der Waals surface area contributed by atoms with Gasteiger partial charge in [-0.1, -0.05) is 6.07 Å². The standard InChI is InChI=1S/C17H17FN2O5/c1-9(10-7-14(24-2)15(25-3)8-11(10)18)19-16(21)12-5-4-6-13(20-12)17(22)23/h4-9H,1-3H3,(H,19,21)(H,22,23). The molecule has 1 unspecified atom stereocenters. The van der Waals surface area contributed by atoms with Crippen LogP contribution in [0.4, 0.5) is 4.39 Å². The van der Waals surface area contributed by atoms with Gasteiger partial charge in [-0.15, -0.1) is 0 Å². The molecular formula is C17H17FN2O5. The summed E-state index contributed by atoms with van der Waals surface area (Å²) < 4.78 is 24.4. The van der Waals surface area contributed by atoms with Gasteiger partial charge < -0.3 is 19.9 Å². The zero-order chi connectivity index (χ0) is 18.6. The number of ether oxygens (including phenoxy) is 2. The average Bonchev–Trinajstić information content (AvgIpc) is 2.61. The second kappa shape index (κ2) is 7.61. The van der Waals surface area contributed by atoms with Gasteiger partial charge in [-0.3, -0.25) is 4.79 Å². The summed E-state index contributed by atoms with van der Waals surface area (Å²) in [6.07, 6.45) is 0. The Morgan fingerprint density at radius 3 is 2.36 bits per heavy atom. The van der Waals surface area contributed by atoms with Gasteiger partial charge >= 0.3 is 5.97 Å². The Bertz CT molecular complexity index is 810. The third kappa shape index (κ3) is 4.03. The Labute approximate surface area is 143 Å². The molecule has 1 aromatic heterocycles. The molecule has 0 bridgehead atoms. The molecule has 0 saturated heterocycles. The number of hydrogen-bond acceptors (Lipinski definition) is 5. The number of nitrogens with one attached hydrogen (secondary N) is 1. The summed E-state index contributed by atoms with van der Waals surface area (Å²) in [6, 6.07) is 5.95. The van der Waals surface area contributed by atoms with E-state index in [0.29, 0.717) is 5.75 Å². The van der Waals surface area contributed by atoms with E-state index in [1.54, 1.807) is 6.92 Å². The Morgan fingerprint density at radius 1 is 1.16 bits per heavy atom. The van der Waals surface area contributed by atoms with E-state index in [1.165, 1.54) is 44.6 Å². The van der Waals surface area contributed by atoms with Crippen LogP contribution in [-0.4, -0.2) is 36.2 Å². The topological polar surface area (TPSA) is 97.8 Å². The number of carboxylic acid groups (broad SMARTS) is 1. The number of rotatable bonds is 6. The lowest BCUT2D eigenvalue weighted by molar-refractivity contribution is 0.0690. The number of hydrogen-bond donors (Lipinski definition) is 2. The number of aromatic nitrogens is 1. The first-order chi connectivity index (χ1) is 11.9. The fourth-order valence-electron chi connectivity index (χ4n) is 2.23. The van der Waals surface area contributed by atoms with Crippen LogP contribution in [0.25, 0.3) is 0 Å². The van der Waals surface area contributed by atoms with E-state index in [0.717, 1.165) is 0 Å². The van der Waals surface area contributed by atoms with Gasteiger partial charge in [0.25, 0.3) is 5.91 Å². The lowest BCUT2D eigenvalue weighted by Crippen LogP contribution is -2.28. The van der Waals surface area contributed by atoms with Crippen LogP contribution in [0.15, 0.2) is 30.3 Å². The molecule has 2 rings (SSSR count). The fourth-order valence-corrected chi connectivity index (χ4v) is 2.23. The van der Waals surface area contributed by atoms with Crippen LogP contribution < -0.4 is 14.8 Å². The summed E-state index contributed by atoms with van der Waals surface area (Å²) in [7, 11) is 2.81. The van der Waals surface area contributed by atoms with Crippen molar-refractivity contribution in [3.8, 4) is 11.5 Å². The van der Waals surface area contributed by atoms with Gasteiger partial charge in [0, 0.05) is 11.6 Å². The molecule has 0 spiro atoms. The number of benzene rings is 1. The number of carboxylic acids is 1. The van der Waals surface area contributed by atoms with E-state index in [1.807, 2.05) is 0 Å². The molecule has 0 saturated carbocycles. The van der Waals surface area contributed by atoms with Crippen molar-refractivity contribution in [3.05, 3.63) is 53.1 Å². The molecule has 0 fully saturated rings. The van der Waals surface area contributed by atoms with Crippen molar-refractivity contribution >= 4 is 11.9 Å². The minimum Gasteiger partial charge on any atom is -0.493 e. The number of nitrogens with zero attached hydrogens (tertiary/aromatic N) is 1. The van der Waals surface area contributed by atoms with Crippen molar-refractivity contribution < 1.29 is 28.6 Å². The summed E-state index contributed by atoms with van der Waals surface area (Å²) in [5.41, 5.74) is -0.134. The SMILES string of the molecule is COc1cc(F)c(C(C)NC(=O)c2cccc(C(=O)O)n2)cc1OC. The molecule has 0 aliphatic carbocycles. The van der Waals surface area contributed by atoms with Gasteiger partial charge in [0.15, 0.2) is 11.5 Å². The van der Waals surface area contributed by atoms with Gasteiger partial charge in [-0.05, 0) is 25.1 Å². The van der Waals surface area contributed by atoms with E-state index in [2.05, 4.69) is 10.3 Å². The third-order valence-electron chi connectivity index (χ3n) is 3.52. The smallest absolute Gasteiger partial charge is 0.354 e.